The van der Waals surface area contributed by atoms with E-state index in [4.69, 9.17) is 15.0 Å². The maximum absolute atomic E-state index is 12.9. The Morgan fingerprint density at radius 1 is 0.364 bits per heavy atom. The molecule has 132 heavy (non-hydrogen) atoms. The van der Waals surface area contributed by atoms with E-state index in [0.717, 1.165) is 151 Å². The molecule has 31 heteroatoms. The lowest BCUT2D eigenvalue weighted by molar-refractivity contribution is -0.123. The van der Waals surface area contributed by atoms with Crippen LogP contribution in [-0.2, 0) is 70.7 Å². The number of fused-ring (bicyclic) bond motifs is 8. The molecule has 0 aliphatic carbocycles. The number of imidazole rings is 3. The van der Waals surface area contributed by atoms with Gasteiger partial charge in [-0.1, -0.05) is 69.0 Å². The van der Waals surface area contributed by atoms with Gasteiger partial charge in [-0.25, -0.2) is 74.8 Å². The Morgan fingerprint density at radius 3 is 0.924 bits per heavy atom. The molecule has 7 N–H and O–H groups in total. The first-order valence-corrected chi connectivity index (χ1v) is 44.6. The van der Waals surface area contributed by atoms with Crippen molar-refractivity contribution in [2.45, 2.75) is 215 Å². The van der Waals surface area contributed by atoms with Crippen LogP contribution >= 0.6 is 15.9 Å². The Balaban J connectivity index is 0.000000131. The molecule has 5 amide bonds. The number of amides is 5. The van der Waals surface area contributed by atoms with Crippen molar-refractivity contribution in [3.8, 4) is 67.9 Å². The normalized spacial score (nSPS) is 18.9. The van der Waals surface area contributed by atoms with Crippen LogP contribution in [0, 0.1) is 20.8 Å². The Hall–Kier alpha value is -14.0. The molecule has 9 aromatic heterocycles. The van der Waals surface area contributed by atoms with E-state index in [-0.39, 0.29) is 29.5 Å². The van der Waals surface area contributed by atoms with Crippen molar-refractivity contribution < 1.29 is 34.2 Å². The summed E-state index contributed by atoms with van der Waals surface area (Å²) >= 11 is 3.44. The highest BCUT2D eigenvalue weighted by atomic mass is 79.9. The molecule has 0 bridgehead atoms. The fourth-order valence-corrected chi connectivity index (χ4v) is 19.1. The highest BCUT2D eigenvalue weighted by Gasteiger charge is 2.49. The smallest absolute Gasteiger partial charge is 0.235 e. The van der Waals surface area contributed by atoms with Gasteiger partial charge in [0.2, 0.25) is 29.5 Å². The average Bonchev–Trinajstić information content (AvgIpc) is 1.59. The van der Waals surface area contributed by atoms with Crippen molar-refractivity contribution in [3.05, 3.63) is 239 Å². The predicted octanol–water partition coefficient (Wildman–Crippen LogP) is 18.2. The van der Waals surface area contributed by atoms with Crippen molar-refractivity contribution in [3.63, 3.8) is 0 Å². The first kappa shape index (κ1) is 92.7. The van der Waals surface area contributed by atoms with Gasteiger partial charge in [0.25, 0.3) is 0 Å². The zero-order valence-electron chi connectivity index (χ0n) is 77.6. The molecule has 5 aromatic carbocycles. The molecule has 676 valence electrons. The lowest BCUT2D eigenvalue weighted by atomic mass is 9.75. The van der Waals surface area contributed by atoms with Gasteiger partial charge in [0.05, 0.1) is 55.0 Å². The van der Waals surface area contributed by atoms with Crippen molar-refractivity contribution in [1.29, 1.82) is 0 Å². The fourth-order valence-electron chi connectivity index (χ4n) is 18.8. The highest BCUT2D eigenvalue weighted by molar-refractivity contribution is 9.10. The molecule has 19 rings (SSSR count). The van der Waals surface area contributed by atoms with E-state index in [1.807, 2.05) is 201 Å². The van der Waals surface area contributed by atoms with Gasteiger partial charge in [-0.3, -0.25) is 24.0 Å². The molecule has 0 fully saturated rings. The van der Waals surface area contributed by atoms with E-state index >= 15 is 0 Å². The van der Waals surface area contributed by atoms with Gasteiger partial charge in [-0.05, 0) is 245 Å². The SMILES string of the molecule is C=C(C)CC1(C)C(=O)Nc2ccc(-c3ncnc4c3nc(-c3cnc(C)nc3)n4CC)cc21.C=C(C)CC1(C)C(=O)Nc2ccc(Br)cc21.C=C(C)CC1(C)C(=O)Nc2ccccc21.CCn1c(-c2cnc(C)nc2)nc2c(-c3ccc4c(c3)C(C)(CC(C)(C)O)C(=O)N4)ncnc21.CCn1c(-c2cnc(C)nc2)nc2c(-c3ccc4c(c3)C(C)(CC(C)(C)O)C(=O)N4)ncnc21. The summed E-state index contributed by atoms with van der Waals surface area (Å²) in [5, 5.41) is 35.7. The van der Waals surface area contributed by atoms with Crippen LogP contribution in [0.4, 0.5) is 28.4 Å². The summed E-state index contributed by atoms with van der Waals surface area (Å²) in [6, 6.07) is 31.2. The summed E-state index contributed by atoms with van der Waals surface area (Å²) in [6.07, 6.45) is 17.8. The molecule has 0 saturated carbocycles. The maximum atomic E-state index is 12.9. The van der Waals surface area contributed by atoms with Crippen LogP contribution in [0.25, 0.3) is 101 Å². The minimum absolute atomic E-state index is 0.0117. The molecule has 5 unspecified atom stereocenters. The summed E-state index contributed by atoms with van der Waals surface area (Å²) in [5.41, 5.74) is 17.9. The Morgan fingerprint density at radius 2 is 0.629 bits per heavy atom. The van der Waals surface area contributed by atoms with Crippen molar-refractivity contribution >= 4 is 107 Å². The number of benzene rings is 5. The largest absolute Gasteiger partial charge is 0.390 e. The van der Waals surface area contributed by atoms with E-state index in [2.05, 4.69) is 129 Å². The van der Waals surface area contributed by atoms with Crippen LogP contribution in [0.3, 0.4) is 0 Å². The van der Waals surface area contributed by atoms with Crippen LogP contribution in [0.15, 0.2) is 194 Å². The number of allylic oxidation sites excluding steroid dienone is 3. The minimum Gasteiger partial charge on any atom is -0.390 e. The monoisotopic (exact) mass is 1830 g/mol. The molecular weight excluding hydrogens is 1730 g/mol. The van der Waals surface area contributed by atoms with Crippen molar-refractivity contribution in [2.75, 3.05) is 26.6 Å². The second kappa shape index (κ2) is 35.7. The molecule has 5 aliphatic rings. The van der Waals surface area contributed by atoms with E-state index in [0.29, 0.717) is 97.1 Å². The number of aromatic nitrogens is 18. The number of nitrogens with zero attached hydrogens (tertiary/aromatic N) is 18. The number of hydrogen-bond donors (Lipinski definition) is 7. The second-order valence-electron chi connectivity index (χ2n) is 37.1. The summed E-state index contributed by atoms with van der Waals surface area (Å²) in [6.45, 7) is 47.9. The third-order valence-electron chi connectivity index (χ3n) is 24.7. The third kappa shape index (κ3) is 17.7. The molecule has 30 nitrogen and oxygen atoms in total. The van der Waals surface area contributed by atoms with E-state index < -0.39 is 38.3 Å². The van der Waals surface area contributed by atoms with Crippen LogP contribution in [0.1, 0.15) is 181 Å². The zero-order valence-corrected chi connectivity index (χ0v) is 79.2. The van der Waals surface area contributed by atoms with Gasteiger partial charge in [0, 0.05) is 106 Å². The molecule has 5 aliphatic heterocycles. The number of rotatable bonds is 19. The summed E-state index contributed by atoms with van der Waals surface area (Å²) in [7, 11) is 0. The molecule has 14 heterocycles. The van der Waals surface area contributed by atoms with Crippen molar-refractivity contribution in [2.24, 2.45) is 0 Å². The van der Waals surface area contributed by atoms with Crippen LogP contribution < -0.4 is 26.6 Å². The molecule has 0 spiro atoms. The lowest BCUT2D eigenvalue weighted by Crippen LogP contribution is -2.38. The number of hydrogen-bond acceptors (Lipinski definition) is 22. The van der Waals surface area contributed by atoms with E-state index in [1.54, 1.807) is 71.2 Å². The molecule has 0 radical (unpaired) electrons. The predicted molar refractivity (Wildman–Crippen MR) is 517 cm³/mol. The topological polar surface area (TPSA) is 394 Å². The number of carbonyl (C=O) groups excluding carboxylic acids is 5. The summed E-state index contributed by atoms with van der Waals surface area (Å²) in [5.74, 6) is 4.18. The number of nitrogens with one attached hydrogen (secondary N) is 5. The van der Waals surface area contributed by atoms with Gasteiger partial charge in [-0.2, -0.15) is 0 Å². The lowest BCUT2D eigenvalue weighted by Gasteiger charge is -2.29. The van der Waals surface area contributed by atoms with Gasteiger partial charge in [0.1, 0.15) is 87.6 Å². The number of anilines is 5. The molecule has 5 atom stereocenters. The maximum Gasteiger partial charge on any atom is 0.235 e. The zero-order chi connectivity index (χ0) is 94.8. The van der Waals surface area contributed by atoms with Crippen LogP contribution in [0.2, 0.25) is 0 Å². The summed E-state index contributed by atoms with van der Waals surface area (Å²) < 4.78 is 7.07. The third-order valence-corrected chi connectivity index (χ3v) is 25.2. The quantitative estimate of drug-likeness (QED) is 0.0370. The molecular formula is C101H108BrN23O7. The minimum atomic E-state index is -1.00. The van der Waals surface area contributed by atoms with Crippen LogP contribution in [-0.4, -0.2) is 139 Å². The standard InChI is InChI=1S/2C25H27N7O2.C25H25N7O.C13H14BrNO.C13H15NO/c2*1-6-32-21(16-10-26-14(2)27-11-16)31-20-19(28-13-29-22(20)32)15-7-8-18-17(9-15)25(5,23(33)30-18)12-24(3,4)34;1-6-32-22(17-11-26-15(4)27-12-17)31-21-20(28-13-29-23(21)32)16-7-8-19-18(9-16)25(5,10-14(2)3)24(33)30-19;1-8(2)7-13(3)10-6-9(14)4-5-11(10)15-12(13)16;1-9(2)8-13(3)10-6-4-5-7-11(10)14-12(13)15/h2*7-11,13,34H,6,12H2,1-5H3,(H,30,33);7-9,11-13H,2,6,10H2,1,3-5H3,(H,30,33);4-6H,1,7H2,2-3H3,(H,15,16);4-7H,1,8H2,2-3H3,(H,14,15). The average molecular weight is 1840 g/mol. The van der Waals surface area contributed by atoms with E-state index in [9.17, 15) is 34.2 Å². The Kier molecular flexibility index (Phi) is 25.0. The molecule has 14 aromatic rings. The van der Waals surface area contributed by atoms with Crippen LogP contribution in [0.5, 0.6) is 0 Å². The number of aliphatic hydroxyl groups is 2. The number of halogens is 1. The first-order chi connectivity index (χ1) is 62.5. The summed E-state index contributed by atoms with van der Waals surface area (Å²) in [4.78, 5) is 130. The van der Waals surface area contributed by atoms with Gasteiger partial charge in [-0.15, -0.1) is 19.7 Å². The van der Waals surface area contributed by atoms with Gasteiger partial charge < -0.3 is 50.5 Å². The number of carbonyl (C=O) groups is 5. The van der Waals surface area contributed by atoms with Gasteiger partial charge >= 0.3 is 0 Å². The molecule has 0 saturated heterocycles. The highest BCUT2D eigenvalue weighted by Crippen LogP contribution is 2.50. The number of para-hydroxylation sites is 1. The Bertz CT molecular complexity index is 6790. The second-order valence-corrected chi connectivity index (χ2v) is 38.0. The fraction of sp³-hybridized carbons (Fsp3) is 0.327. The van der Waals surface area contributed by atoms with Gasteiger partial charge in [0.15, 0.2) is 16.9 Å². The Labute approximate surface area is 774 Å². The van der Waals surface area contributed by atoms with Crippen molar-refractivity contribution in [1.82, 2.24) is 88.5 Å². The first-order valence-electron chi connectivity index (χ1n) is 43.8. The number of aryl methyl sites for hydroxylation is 6. The van der Waals surface area contributed by atoms with E-state index in [1.165, 1.54) is 12.7 Å².